The highest BCUT2D eigenvalue weighted by Crippen LogP contribution is 2.29. The molecule has 0 atom stereocenters. The highest BCUT2D eigenvalue weighted by atomic mass is 32.2. The lowest BCUT2D eigenvalue weighted by Crippen LogP contribution is -2.24. The molecule has 32 heavy (non-hydrogen) atoms. The maximum atomic E-state index is 4.59. The monoisotopic (exact) mass is 448 g/mol. The van der Waals surface area contributed by atoms with E-state index in [1.54, 1.807) is 11.8 Å². The number of benzene rings is 2. The van der Waals surface area contributed by atoms with Gasteiger partial charge in [0.15, 0.2) is 0 Å². The molecular weight excluding hydrogens is 408 g/mol. The Morgan fingerprint density at radius 3 is 2.41 bits per heavy atom. The summed E-state index contributed by atoms with van der Waals surface area (Å²) >= 11 is 1.73. The van der Waals surface area contributed by atoms with Gasteiger partial charge in [-0.2, -0.15) is 0 Å². The van der Waals surface area contributed by atoms with Gasteiger partial charge in [0.05, 0.1) is 12.0 Å². The third-order valence-corrected chi connectivity index (χ3v) is 6.74. The first-order valence-corrected chi connectivity index (χ1v) is 12.7. The van der Waals surface area contributed by atoms with Gasteiger partial charge in [0.2, 0.25) is 0 Å². The van der Waals surface area contributed by atoms with Gasteiger partial charge in [0.25, 0.3) is 0 Å². The molecule has 1 aliphatic rings. The number of hydrogen-bond acceptors (Lipinski definition) is 2. The summed E-state index contributed by atoms with van der Waals surface area (Å²) in [6.45, 7) is 18.6. The summed E-state index contributed by atoms with van der Waals surface area (Å²) in [7, 11) is 2.05. The normalized spacial score (nSPS) is 12.5. The molecule has 0 amide bonds. The minimum absolute atomic E-state index is 0.466. The molecule has 0 bridgehead atoms. The zero-order valence-electron chi connectivity index (χ0n) is 21.1. The Bertz CT molecular complexity index is 985. The predicted octanol–water partition coefficient (Wildman–Crippen LogP) is 7.93. The second-order valence-electron chi connectivity index (χ2n) is 9.17. The molecule has 0 N–H and O–H groups in total. The van der Waals surface area contributed by atoms with Crippen LogP contribution in [0.25, 0.3) is 4.91 Å². The van der Waals surface area contributed by atoms with Gasteiger partial charge < -0.3 is 4.90 Å². The van der Waals surface area contributed by atoms with Crippen molar-refractivity contribution in [2.24, 2.45) is 4.99 Å². The molecule has 0 fully saturated rings. The molecular formula is C29H40N2S. The molecule has 0 saturated heterocycles. The van der Waals surface area contributed by atoms with Gasteiger partial charge in [0.1, 0.15) is 0 Å². The fourth-order valence-electron chi connectivity index (χ4n) is 3.67. The van der Waals surface area contributed by atoms with E-state index in [9.17, 15) is 0 Å². The van der Waals surface area contributed by atoms with Crippen molar-refractivity contribution < 1.29 is 0 Å². The zero-order chi connectivity index (χ0) is 23.8. The van der Waals surface area contributed by atoms with Gasteiger partial charge in [-0.25, -0.2) is 4.99 Å². The summed E-state index contributed by atoms with van der Waals surface area (Å²) in [6.07, 6.45) is 8.78. The lowest BCUT2D eigenvalue weighted by molar-refractivity contribution is 0.429. The summed E-state index contributed by atoms with van der Waals surface area (Å²) < 4.78 is 0. The van der Waals surface area contributed by atoms with Crippen molar-refractivity contribution in [3.63, 3.8) is 0 Å². The van der Waals surface area contributed by atoms with Crippen LogP contribution in [-0.4, -0.2) is 30.6 Å². The molecule has 2 aromatic carbocycles. The molecule has 0 aliphatic heterocycles. The topological polar surface area (TPSA) is 15.6 Å². The van der Waals surface area contributed by atoms with Crippen LogP contribution in [0.5, 0.6) is 0 Å². The van der Waals surface area contributed by atoms with Crippen molar-refractivity contribution in [1.82, 2.24) is 4.90 Å². The van der Waals surface area contributed by atoms with E-state index in [1.165, 1.54) is 63.1 Å². The van der Waals surface area contributed by atoms with Crippen molar-refractivity contribution >= 4 is 28.7 Å². The average Bonchev–Trinajstić information content (AvgIpc) is 3.22. The van der Waals surface area contributed by atoms with E-state index in [1.807, 2.05) is 13.4 Å². The first kappa shape index (κ1) is 26.0. The highest BCUT2D eigenvalue weighted by molar-refractivity contribution is 8.07. The van der Waals surface area contributed by atoms with E-state index >= 15 is 0 Å². The Labute approximate surface area is 200 Å². The lowest BCUT2D eigenvalue weighted by atomic mass is 9.99. The van der Waals surface area contributed by atoms with Crippen LogP contribution >= 0.6 is 11.8 Å². The number of thioether (sulfide) groups is 1. The average molecular weight is 449 g/mol. The first-order valence-electron chi connectivity index (χ1n) is 11.5. The molecule has 3 rings (SSSR count). The van der Waals surface area contributed by atoms with Gasteiger partial charge in [-0.1, -0.05) is 43.0 Å². The summed E-state index contributed by atoms with van der Waals surface area (Å²) in [5.41, 5.74) is 10.5. The quantitative estimate of drug-likeness (QED) is 0.243. The van der Waals surface area contributed by atoms with Gasteiger partial charge in [-0.3, -0.25) is 0 Å². The maximum Gasteiger partial charge on any atom is 0.0912 e. The standard InChI is InChI=1S/C17H26N2.C12H14S/c1-12(2)8-16-9-15(6)17(10-14(16)5)18-11-19(7)13(3)4;1-9(13-2)11-7-6-10-4-3-5-12(10)8-11/h9-11,13H,1,8H2,2-7H3;6-8H,1,3-5H2,2H3. The molecule has 0 saturated carbocycles. The van der Waals surface area contributed by atoms with E-state index < -0.39 is 0 Å². The second-order valence-corrected chi connectivity index (χ2v) is 10.1. The Hall–Kier alpha value is -2.26. The number of hydrogen-bond donors (Lipinski definition) is 0. The molecule has 3 heteroatoms. The van der Waals surface area contributed by atoms with Crippen molar-refractivity contribution in [1.29, 1.82) is 0 Å². The van der Waals surface area contributed by atoms with Crippen LogP contribution in [0.3, 0.4) is 0 Å². The van der Waals surface area contributed by atoms with Gasteiger partial charge >= 0.3 is 0 Å². The van der Waals surface area contributed by atoms with Crippen molar-refractivity contribution in [3.8, 4) is 0 Å². The van der Waals surface area contributed by atoms with E-state index in [2.05, 4.69) is 94.3 Å². The number of aryl methyl sites for hydroxylation is 4. The molecule has 0 unspecified atom stereocenters. The van der Waals surface area contributed by atoms with Crippen LogP contribution in [0.4, 0.5) is 5.69 Å². The summed E-state index contributed by atoms with van der Waals surface area (Å²) in [5, 5.41) is 0. The Morgan fingerprint density at radius 1 is 1.09 bits per heavy atom. The Morgan fingerprint density at radius 2 is 1.78 bits per heavy atom. The number of nitrogens with zero attached hydrogens (tertiary/aromatic N) is 2. The number of allylic oxidation sites excluding steroid dienone is 1. The van der Waals surface area contributed by atoms with Crippen LogP contribution < -0.4 is 0 Å². The molecule has 2 aromatic rings. The molecule has 0 aromatic heterocycles. The minimum atomic E-state index is 0.466. The van der Waals surface area contributed by atoms with Crippen LogP contribution in [0, 0.1) is 13.8 Å². The van der Waals surface area contributed by atoms with Gasteiger partial charge in [-0.05, 0) is 106 Å². The Balaban J connectivity index is 0.000000242. The van der Waals surface area contributed by atoms with E-state index in [4.69, 9.17) is 0 Å². The number of aliphatic imine (C=N–C) groups is 1. The van der Waals surface area contributed by atoms with Crippen LogP contribution in [-0.2, 0) is 19.3 Å². The summed E-state index contributed by atoms with van der Waals surface area (Å²) in [6, 6.07) is 11.6. The summed E-state index contributed by atoms with van der Waals surface area (Å²) in [5.74, 6) is 0. The van der Waals surface area contributed by atoms with Gasteiger partial charge in [0, 0.05) is 18.0 Å². The molecule has 2 nitrogen and oxygen atoms in total. The van der Waals surface area contributed by atoms with Crippen molar-refractivity contribution in [2.75, 3.05) is 13.3 Å². The Kier molecular flexibility index (Phi) is 9.84. The van der Waals surface area contributed by atoms with Crippen LogP contribution in [0.15, 0.2) is 54.1 Å². The predicted molar refractivity (Wildman–Crippen MR) is 147 cm³/mol. The fourth-order valence-corrected chi connectivity index (χ4v) is 4.03. The maximum absolute atomic E-state index is 4.59. The fraction of sp³-hybridized carbons (Fsp3) is 0.414. The third kappa shape index (κ3) is 7.41. The van der Waals surface area contributed by atoms with E-state index in [-0.39, 0.29) is 0 Å². The van der Waals surface area contributed by atoms with Crippen LogP contribution in [0.2, 0.25) is 0 Å². The molecule has 172 valence electrons. The minimum Gasteiger partial charge on any atom is -0.363 e. The SMILES string of the molecule is C=C(C)Cc1cc(C)c(N=CN(C)C(C)C)cc1C.C=C(SC)c1ccc2c(c1)CCC2. The molecule has 1 aliphatic carbocycles. The third-order valence-electron chi connectivity index (χ3n) is 6.01. The smallest absolute Gasteiger partial charge is 0.0912 e. The van der Waals surface area contributed by atoms with Crippen molar-refractivity contribution in [2.45, 2.75) is 66.3 Å². The van der Waals surface area contributed by atoms with E-state index in [0.717, 1.165) is 12.1 Å². The second kappa shape index (κ2) is 12.1. The molecule has 0 radical (unpaired) electrons. The molecule has 0 heterocycles. The molecule has 0 spiro atoms. The summed E-state index contributed by atoms with van der Waals surface area (Å²) in [4.78, 5) is 7.87. The largest absolute Gasteiger partial charge is 0.363 e. The first-order chi connectivity index (χ1) is 15.1. The van der Waals surface area contributed by atoms with Crippen molar-refractivity contribution in [3.05, 3.63) is 82.4 Å². The zero-order valence-corrected chi connectivity index (χ0v) is 21.9. The van der Waals surface area contributed by atoms with Gasteiger partial charge in [-0.15, -0.1) is 11.8 Å². The lowest BCUT2D eigenvalue weighted by Gasteiger charge is -2.17. The van der Waals surface area contributed by atoms with E-state index in [0.29, 0.717) is 6.04 Å². The number of rotatable bonds is 7. The van der Waals surface area contributed by atoms with Crippen LogP contribution in [0.1, 0.15) is 60.6 Å². The highest BCUT2D eigenvalue weighted by Gasteiger charge is 2.11. The number of fused-ring (bicyclic) bond motifs is 1.